The van der Waals surface area contributed by atoms with Crippen LogP contribution >= 0.6 is 0 Å². The molecule has 1 heterocycles. The van der Waals surface area contributed by atoms with E-state index >= 15 is 0 Å². The Bertz CT molecular complexity index is 474. The van der Waals surface area contributed by atoms with Gasteiger partial charge in [0.05, 0.1) is 0 Å². The molecule has 2 rings (SSSR count). The van der Waals surface area contributed by atoms with Crippen molar-refractivity contribution in [1.82, 2.24) is 0 Å². The van der Waals surface area contributed by atoms with Crippen molar-refractivity contribution in [3.63, 3.8) is 0 Å². The average molecular weight is 327 g/mol. The number of hydrogen-bond acceptors (Lipinski definition) is 2. The van der Waals surface area contributed by atoms with E-state index in [4.69, 9.17) is 4.74 Å². The Morgan fingerprint density at radius 2 is 1.55 bits per heavy atom. The van der Waals surface area contributed by atoms with Gasteiger partial charge in [-0.1, -0.05) is 0 Å². The van der Waals surface area contributed by atoms with E-state index in [0.717, 1.165) is 5.57 Å². The van der Waals surface area contributed by atoms with Gasteiger partial charge in [0, 0.05) is 0 Å². The van der Waals surface area contributed by atoms with E-state index in [-0.39, 0.29) is 29.2 Å². The first-order chi connectivity index (χ1) is 9.08. The summed E-state index contributed by atoms with van der Waals surface area (Å²) in [7, 11) is 0. The van der Waals surface area contributed by atoms with Crippen LogP contribution in [0.15, 0.2) is 41.9 Å². The van der Waals surface area contributed by atoms with Crippen LogP contribution in [-0.4, -0.2) is 13.3 Å². The summed E-state index contributed by atoms with van der Waals surface area (Å²) in [5.74, 6) is -0.103. The SMILES string of the molecule is C[CH2][Ge]([CH2]C)([CH2]C)[C]1(c2ccccc2)OC([O-])=C1C.[Li+]. The molecule has 1 aliphatic rings. The van der Waals surface area contributed by atoms with Crippen LogP contribution in [0.1, 0.15) is 33.3 Å². The quantitative estimate of drug-likeness (QED) is 0.740. The Morgan fingerprint density at radius 3 is 1.90 bits per heavy atom. The molecule has 0 fully saturated rings. The first kappa shape index (κ1) is 17.8. The monoisotopic (exact) mass is 328 g/mol. The van der Waals surface area contributed by atoms with Gasteiger partial charge in [-0.25, -0.2) is 0 Å². The van der Waals surface area contributed by atoms with Gasteiger partial charge in [0.15, 0.2) is 0 Å². The minimum Gasteiger partial charge on any atom is 1.00 e. The molecule has 0 bridgehead atoms. The molecule has 1 aliphatic heterocycles. The molecule has 0 spiro atoms. The third-order valence-electron chi connectivity index (χ3n) is 5.04. The van der Waals surface area contributed by atoms with Crippen LogP contribution < -0.4 is 24.0 Å². The van der Waals surface area contributed by atoms with Crippen LogP contribution in [0.25, 0.3) is 0 Å². The molecule has 1 atom stereocenters. The van der Waals surface area contributed by atoms with Crippen LogP contribution in [0.5, 0.6) is 0 Å². The van der Waals surface area contributed by atoms with Gasteiger partial charge < -0.3 is 0 Å². The van der Waals surface area contributed by atoms with E-state index in [0.29, 0.717) is 0 Å². The molecule has 1 aromatic rings. The Morgan fingerprint density at radius 1 is 1.05 bits per heavy atom. The van der Waals surface area contributed by atoms with E-state index in [9.17, 15) is 5.11 Å². The molecular weight excluding hydrogens is 304 g/mol. The van der Waals surface area contributed by atoms with Crippen molar-refractivity contribution in [1.29, 1.82) is 0 Å². The van der Waals surface area contributed by atoms with E-state index in [1.165, 1.54) is 21.3 Å². The van der Waals surface area contributed by atoms with Gasteiger partial charge in [-0.3, -0.25) is 0 Å². The van der Waals surface area contributed by atoms with Crippen LogP contribution in [-0.2, 0) is 9.17 Å². The van der Waals surface area contributed by atoms with Crippen molar-refractivity contribution >= 4 is 13.3 Å². The molecule has 1 unspecified atom stereocenters. The maximum atomic E-state index is 11.8. The molecule has 0 N–H and O–H groups in total. The fraction of sp³-hybridized carbons (Fsp3) is 0.500. The summed E-state index contributed by atoms with van der Waals surface area (Å²) in [5, 5.41) is 15.3. The van der Waals surface area contributed by atoms with Gasteiger partial charge in [0.2, 0.25) is 0 Å². The predicted molar refractivity (Wildman–Crippen MR) is 79.1 cm³/mol. The van der Waals surface area contributed by atoms with Crippen molar-refractivity contribution < 1.29 is 28.7 Å². The van der Waals surface area contributed by atoms with E-state index in [1.54, 1.807) is 0 Å². The van der Waals surface area contributed by atoms with Gasteiger partial charge in [-0.15, -0.1) is 0 Å². The van der Waals surface area contributed by atoms with Crippen LogP contribution in [0, 0.1) is 0 Å². The Labute approximate surface area is 137 Å². The van der Waals surface area contributed by atoms with Crippen LogP contribution in [0.3, 0.4) is 0 Å². The molecule has 0 aliphatic carbocycles. The molecule has 0 aromatic heterocycles. The summed E-state index contributed by atoms with van der Waals surface area (Å²) in [4.78, 5) is 0. The molecule has 1 aromatic carbocycles. The Balaban J connectivity index is 0.00000200. The Hall–Kier alpha value is -0.300. The number of hydrogen-bond donors (Lipinski definition) is 0. The van der Waals surface area contributed by atoms with Gasteiger partial charge in [-0.2, -0.15) is 0 Å². The molecular formula is C16H23GeLiO2. The summed E-state index contributed by atoms with van der Waals surface area (Å²) in [6.45, 7) is 8.80. The van der Waals surface area contributed by atoms with Crippen molar-refractivity contribution in [2.75, 3.05) is 0 Å². The fourth-order valence-corrected chi connectivity index (χ4v) is 14.1. The molecule has 104 valence electrons. The Kier molecular flexibility index (Phi) is 5.89. The first-order valence-corrected chi connectivity index (χ1v) is 12.7. The smallest absolute Gasteiger partial charge is 1.00 e. The zero-order valence-electron chi connectivity index (χ0n) is 13.3. The molecule has 20 heavy (non-hydrogen) atoms. The summed E-state index contributed by atoms with van der Waals surface area (Å²) >= 11 is -2.31. The maximum absolute atomic E-state index is 11.8. The van der Waals surface area contributed by atoms with Gasteiger partial charge in [-0.05, 0) is 0 Å². The van der Waals surface area contributed by atoms with Gasteiger partial charge >= 0.3 is 137 Å². The largest absolute Gasteiger partial charge is 1.00 e. The average Bonchev–Trinajstić information content (AvgIpc) is 2.48. The van der Waals surface area contributed by atoms with Crippen molar-refractivity contribution in [3.05, 3.63) is 47.4 Å². The second-order valence-corrected chi connectivity index (χ2v) is 16.7. The third kappa shape index (κ3) is 2.26. The zero-order chi connectivity index (χ0) is 14.1. The summed E-state index contributed by atoms with van der Waals surface area (Å²) < 4.78 is 5.53. The first-order valence-electron chi connectivity index (χ1n) is 7.21. The van der Waals surface area contributed by atoms with E-state index in [1.807, 2.05) is 25.1 Å². The molecule has 0 radical (unpaired) electrons. The molecule has 0 amide bonds. The van der Waals surface area contributed by atoms with E-state index in [2.05, 4.69) is 32.9 Å². The number of benzene rings is 1. The molecule has 2 nitrogen and oxygen atoms in total. The standard InChI is InChI=1S/C16H24GeO2.Li/c1-5-17(6-2,7-3)16(13(4)15(18)19-16)14-11-9-8-10-12-14;/h8-12,18H,5-7H2,1-4H3;/q;+1/p-1. The number of ether oxygens (including phenoxy) is 1. The summed E-state index contributed by atoms with van der Waals surface area (Å²) in [6.07, 6.45) is 0. The fourth-order valence-electron chi connectivity index (χ4n) is 3.65. The minimum absolute atomic E-state index is 0. The minimum atomic E-state index is -2.31. The van der Waals surface area contributed by atoms with Crippen molar-refractivity contribution in [2.24, 2.45) is 0 Å². The number of rotatable bonds is 5. The summed E-state index contributed by atoms with van der Waals surface area (Å²) in [6, 6.07) is 10.4. The topological polar surface area (TPSA) is 32.3 Å². The second kappa shape index (κ2) is 6.64. The van der Waals surface area contributed by atoms with Crippen LogP contribution in [0.4, 0.5) is 0 Å². The zero-order valence-corrected chi connectivity index (χ0v) is 15.4. The van der Waals surface area contributed by atoms with Gasteiger partial charge in [0.25, 0.3) is 0 Å². The third-order valence-corrected chi connectivity index (χ3v) is 18.3. The van der Waals surface area contributed by atoms with Gasteiger partial charge in [0.1, 0.15) is 0 Å². The van der Waals surface area contributed by atoms with Crippen molar-refractivity contribution in [2.45, 2.75) is 47.9 Å². The van der Waals surface area contributed by atoms with Crippen LogP contribution in [0.2, 0.25) is 15.8 Å². The van der Waals surface area contributed by atoms with Crippen molar-refractivity contribution in [3.8, 4) is 0 Å². The predicted octanol–water partition coefficient (Wildman–Crippen LogP) is 0.556. The molecule has 0 saturated heterocycles. The molecule has 4 heteroatoms. The summed E-state index contributed by atoms with van der Waals surface area (Å²) in [5.41, 5.74) is 2.13. The molecule has 0 saturated carbocycles. The normalized spacial score (nSPS) is 21.8. The maximum Gasteiger partial charge on any atom is 1.00 e. The van der Waals surface area contributed by atoms with E-state index < -0.39 is 13.3 Å². The second-order valence-electron chi connectivity index (χ2n) is 5.40.